The minimum atomic E-state index is -0.552. The third-order valence-corrected chi connectivity index (χ3v) is 8.04. The van der Waals surface area contributed by atoms with E-state index in [1.807, 2.05) is 57.3 Å². The molecule has 4 rings (SSSR count). The molecule has 1 N–H and O–H groups in total. The van der Waals surface area contributed by atoms with E-state index >= 15 is 0 Å². The van der Waals surface area contributed by atoms with Gasteiger partial charge in [-0.25, -0.2) is 4.98 Å². The third kappa shape index (κ3) is 3.70. The molecule has 2 bridgehead atoms. The fourth-order valence-corrected chi connectivity index (χ4v) is 5.60. The number of amides is 3. The lowest BCUT2D eigenvalue weighted by Crippen LogP contribution is -2.59. The Morgan fingerprint density at radius 1 is 1.25 bits per heavy atom. The average molecular weight is 456 g/mol. The lowest BCUT2D eigenvalue weighted by molar-refractivity contribution is -0.167. The number of aromatic nitrogens is 1. The quantitative estimate of drug-likeness (QED) is 0.627. The zero-order valence-electron chi connectivity index (χ0n) is 18.9. The minimum absolute atomic E-state index is 0.0542. The van der Waals surface area contributed by atoms with Gasteiger partial charge >= 0.3 is 0 Å². The summed E-state index contributed by atoms with van der Waals surface area (Å²) in [7, 11) is 0. The SMILES string of the molecule is CCOc1ccc(-c2csc(NC(=O)CCN3C(=O)C4CCC(C)(C3=O)C4(C)C)n2)cc1. The summed E-state index contributed by atoms with van der Waals surface area (Å²) in [4.78, 5) is 44.3. The van der Waals surface area contributed by atoms with Gasteiger partial charge in [-0.05, 0) is 49.4 Å². The molecule has 32 heavy (non-hydrogen) atoms. The molecule has 1 saturated heterocycles. The van der Waals surface area contributed by atoms with E-state index in [4.69, 9.17) is 4.74 Å². The van der Waals surface area contributed by atoms with E-state index in [9.17, 15) is 14.4 Å². The summed E-state index contributed by atoms with van der Waals surface area (Å²) >= 11 is 1.34. The van der Waals surface area contributed by atoms with Gasteiger partial charge in [-0.3, -0.25) is 19.3 Å². The van der Waals surface area contributed by atoms with E-state index in [2.05, 4.69) is 10.3 Å². The summed E-state index contributed by atoms with van der Waals surface area (Å²) < 4.78 is 5.45. The number of carbonyl (C=O) groups is 3. The van der Waals surface area contributed by atoms with Crippen molar-refractivity contribution in [3.63, 3.8) is 0 Å². The second kappa shape index (κ2) is 8.31. The number of hydrogen-bond donors (Lipinski definition) is 1. The number of nitrogens with zero attached hydrogens (tertiary/aromatic N) is 2. The summed E-state index contributed by atoms with van der Waals surface area (Å²) in [6, 6.07) is 7.63. The number of fused-ring (bicyclic) bond motifs is 2. The van der Waals surface area contributed by atoms with Gasteiger partial charge in [0.15, 0.2) is 5.13 Å². The largest absolute Gasteiger partial charge is 0.494 e. The standard InChI is InChI=1S/C24H29N3O4S/c1-5-31-16-8-6-15(7-9-16)18-14-32-22(25-18)26-19(28)11-13-27-20(29)17-10-12-24(4,21(27)30)23(17,2)3/h6-9,14,17H,5,10-13H2,1-4H3,(H,25,26,28). The first-order chi connectivity index (χ1) is 15.2. The number of carbonyl (C=O) groups excluding carboxylic acids is 3. The van der Waals surface area contributed by atoms with Gasteiger partial charge in [0.25, 0.3) is 0 Å². The van der Waals surface area contributed by atoms with Gasteiger partial charge in [0, 0.05) is 29.8 Å². The number of benzene rings is 1. The molecule has 170 valence electrons. The lowest BCUT2D eigenvalue weighted by atomic mass is 9.62. The highest BCUT2D eigenvalue weighted by Gasteiger charge is 2.64. The van der Waals surface area contributed by atoms with Crippen LogP contribution in [0.5, 0.6) is 5.75 Å². The van der Waals surface area contributed by atoms with Gasteiger partial charge in [-0.2, -0.15) is 0 Å². The summed E-state index contributed by atoms with van der Waals surface area (Å²) in [5, 5.41) is 5.16. The van der Waals surface area contributed by atoms with Crippen molar-refractivity contribution >= 4 is 34.2 Å². The predicted molar refractivity (Wildman–Crippen MR) is 123 cm³/mol. The Kier molecular flexibility index (Phi) is 5.83. The molecule has 2 heterocycles. The number of thiazole rings is 1. The molecular formula is C24H29N3O4S. The van der Waals surface area contributed by atoms with E-state index in [1.165, 1.54) is 16.2 Å². The zero-order valence-corrected chi connectivity index (χ0v) is 19.8. The molecule has 2 fully saturated rings. The third-order valence-electron chi connectivity index (χ3n) is 7.28. The first kappa shape index (κ1) is 22.5. The van der Waals surface area contributed by atoms with Gasteiger partial charge < -0.3 is 10.1 Å². The Morgan fingerprint density at radius 2 is 1.97 bits per heavy atom. The topological polar surface area (TPSA) is 88.6 Å². The van der Waals surface area contributed by atoms with E-state index < -0.39 is 5.41 Å². The molecule has 2 aromatic rings. The van der Waals surface area contributed by atoms with E-state index in [0.29, 0.717) is 18.2 Å². The number of hydrogen-bond acceptors (Lipinski definition) is 6. The fourth-order valence-electron chi connectivity index (χ4n) is 4.86. The highest BCUT2D eigenvalue weighted by molar-refractivity contribution is 7.14. The maximum Gasteiger partial charge on any atom is 0.235 e. The Hall–Kier alpha value is -2.74. The molecule has 8 heteroatoms. The van der Waals surface area contributed by atoms with Crippen LogP contribution in [0.25, 0.3) is 11.3 Å². The molecule has 1 aliphatic carbocycles. The minimum Gasteiger partial charge on any atom is -0.494 e. The van der Waals surface area contributed by atoms with E-state index in [-0.39, 0.29) is 42.0 Å². The molecule has 0 radical (unpaired) electrons. The second-order valence-electron chi connectivity index (χ2n) is 9.23. The molecular weight excluding hydrogens is 426 g/mol. The summed E-state index contributed by atoms with van der Waals surface area (Å²) in [5.74, 6) is 0.0767. The van der Waals surface area contributed by atoms with Crippen LogP contribution < -0.4 is 10.1 Å². The van der Waals surface area contributed by atoms with Crippen molar-refractivity contribution < 1.29 is 19.1 Å². The van der Waals surface area contributed by atoms with Gasteiger partial charge in [-0.1, -0.05) is 20.8 Å². The zero-order chi connectivity index (χ0) is 23.1. The van der Waals surface area contributed by atoms with Crippen LogP contribution in [-0.4, -0.2) is 40.8 Å². The van der Waals surface area contributed by atoms with Crippen LogP contribution in [0.2, 0.25) is 0 Å². The Morgan fingerprint density at radius 3 is 2.66 bits per heavy atom. The normalized spacial score (nSPS) is 24.0. The maximum absolute atomic E-state index is 13.1. The van der Waals surface area contributed by atoms with E-state index in [0.717, 1.165) is 23.4 Å². The van der Waals surface area contributed by atoms with Crippen molar-refractivity contribution in [2.24, 2.45) is 16.7 Å². The van der Waals surface area contributed by atoms with Gasteiger partial charge in [0.2, 0.25) is 17.7 Å². The number of anilines is 1. The van der Waals surface area contributed by atoms with Gasteiger partial charge in [-0.15, -0.1) is 11.3 Å². The summed E-state index contributed by atoms with van der Waals surface area (Å²) in [6.07, 6.45) is 1.49. The van der Waals surface area contributed by atoms with Crippen molar-refractivity contribution in [1.29, 1.82) is 0 Å². The molecule has 3 amide bonds. The molecule has 2 atom stereocenters. The molecule has 2 aliphatic rings. The molecule has 2 unspecified atom stereocenters. The summed E-state index contributed by atoms with van der Waals surface area (Å²) in [5.41, 5.74) is 0.796. The van der Waals surface area contributed by atoms with Crippen molar-refractivity contribution in [2.75, 3.05) is 18.5 Å². The van der Waals surface area contributed by atoms with Crippen LogP contribution in [-0.2, 0) is 14.4 Å². The molecule has 0 spiro atoms. The van der Waals surface area contributed by atoms with Crippen molar-refractivity contribution in [2.45, 2.75) is 47.0 Å². The molecule has 1 aromatic heterocycles. The fraction of sp³-hybridized carbons (Fsp3) is 0.500. The monoisotopic (exact) mass is 455 g/mol. The van der Waals surface area contributed by atoms with Crippen LogP contribution in [0.15, 0.2) is 29.6 Å². The van der Waals surface area contributed by atoms with Gasteiger partial charge in [0.05, 0.1) is 17.7 Å². The average Bonchev–Trinajstić information content (AvgIpc) is 3.28. The number of nitrogens with one attached hydrogen (secondary N) is 1. The molecule has 1 aliphatic heterocycles. The van der Waals surface area contributed by atoms with Crippen LogP contribution in [0.1, 0.15) is 47.0 Å². The highest BCUT2D eigenvalue weighted by atomic mass is 32.1. The van der Waals surface area contributed by atoms with Gasteiger partial charge in [0.1, 0.15) is 5.75 Å². The smallest absolute Gasteiger partial charge is 0.235 e. The predicted octanol–water partition coefficient (Wildman–Crippen LogP) is 4.35. The Bertz CT molecular complexity index is 1050. The molecule has 1 aromatic carbocycles. The van der Waals surface area contributed by atoms with Crippen LogP contribution >= 0.6 is 11.3 Å². The van der Waals surface area contributed by atoms with Crippen LogP contribution in [0.3, 0.4) is 0 Å². The number of ether oxygens (including phenoxy) is 1. The highest BCUT2D eigenvalue weighted by Crippen LogP contribution is 2.60. The lowest BCUT2D eigenvalue weighted by Gasteiger charge is -2.47. The van der Waals surface area contributed by atoms with Crippen molar-refractivity contribution in [1.82, 2.24) is 9.88 Å². The van der Waals surface area contributed by atoms with Crippen LogP contribution in [0.4, 0.5) is 5.13 Å². The van der Waals surface area contributed by atoms with E-state index in [1.54, 1.807) is 0 Å². The Balaban J connectivity index is 1.36. The maximum atomic E-state index is 13.1. The number of piperidine rings is 1. The van der Waals surface area contributed by atoms with Crippen LogP contribution in [0, 0.1) is 16.7 Å². The summed E-state index contributed by atoms with van der Waals surface area (Å²) in [6.45, 7) is 8.61. The number of rotatable bonds is 7. The first-order valence-corrected chi connectivity index (χ1v) is 11.9. The number of imide groups is 1. The Labute approximate surface area is 192 Å². The number of likely N-dealkylation sites (tertiary alicyclic amines) is 1. The first-order valence-electron chi connectivity index (χ1n) is 11.0. The second-order valence-corrected chi connectivity index (χ2v) is 10.1. The molecule has 1 saturated carbocycles. The van der Waals surface area contributed by atoms with Crippen molar-refractivity contribution in [3.05, 3.63) is 29.6 Å². The van der Waals surface area contributed by atoms with Crippen molar-refractivity contribution in [3.8, 4) is 17.0 Å². The molecule has 7 nitrogen and oxygen atoms in total.